The first-order valence-electron chi connectivity index (χ1n) is 8.70. The van der Waals surface area contributed by atoms with E-state index in [9.17, 15) is 4.79 Å². The molecule has 28 heavy (non-hydrogen) atoms. The predicted octanol–water partition coefficient (Wildman–Crippen LogP) is 3.91. The molecule has 0 saturated carbocycles. The van der Waals surface area contributed by atoms with Crippen molar-refractivity contribution in [3.05, 3.63) is 59.1 Å². The number of anilines is 1. The number of halogens is 2. The second kappa shape index (κ2) is 9.97. The second-order valence-corrected chi connectivity index (χ2v) is 6.93. The van der Waals surface area contributed by atoms with E-state index in [1.165, 1.54) is 0 Å². The Morgan fingerprint density at radius 2 is 2.04 bits per heavy atom. The van der Waals surface area contributed by atoms with Crippen LogP contribution in [0.3, 0.4) is 0 Å². The van der Waals surface area contributed by atoms with Crippen LogP contribution in [0, 0.1) is 5.92 Å². The average molecular weight is 515 g/mol. The van der Waals surface area contributed by atoms with Crippen molar-refractivity contribution in [2.75, 3.05) is 26.0 Å². The number of carbonyl (C=O) groups is 1. The van der Waals surface area contributed by atoms with Crippen LogP contribution in [0.2, 0.25) is 5.02 Å². The first-order chi connectivity index (χ1) is 13.0. The summed E-state index contributed by atoms with van der Waals surface area (Å²) in [5.74, 6) is 1.07. The topological polar surface area (TPSA) is 80.0 Å². The minimum atomic E-state index is 0. The maximum Gasteiger partial charge on any atom is 0.223 e. The molecule has 6 nitrogen and oxygen atoms in total. The number of guanidine groups is 1. The van der Waals surface area contributed by atoms with Gasteiger partial charge in [-0.05, 0) is 23.8 Å². The van der Waals surface area contributed by atoms with Gasteiger partial charge in [0.15, 0.2) is 5.96 Å². The number of methoxy groups -OCH3 is 1. The number of ether oxygens (including phenoxy) is 1. The summed E-state index contributed by atoms with van der Waals surface area (Å²) in [6.45, 7) is 0.457. The first-order valence-corrected chi connectivity index (χ1v) is 9.08. The number of amides is 1. The van der Waals surface area contributed by atoms with E-state index in [1.807, 2.05) is 43.4 Å². The van der Waals surface area contributed by atoms with E-state index in [2.05, 4.69) is 10.3 Å². The third kappa shape index (κ3) is 5.08. The lowest BCUT2D eigenvalue weighted by Crippen LogP contribution is -2.27. The molecular weight excluding hydrogens is 491 g/mol. The highest BCUT2D eigenvalue weighted by Crippen LogP contribution is 2.37. The fourth-order valence-corrected chi connectivity index (χ4v) is 3.67. The van der Waals surface area contributed by atoms with Gasteiger partial charge in [0.1, 0.15) is 5.75 Å². The molecule has 0 unspecified atom stereocenters. The zero-order chi connectivity index (χ0) is 19.4. The van der Waals surface area contributed by atoms with Crippen LogP contribution in [0.25, 0.3) is 0 Å². The molecule has 0 radical (unpaired) electrons. The van der Waals surface area contributed by atoms with Gasteiger partial charge in [0.05, 0.1) is 18.2 Å². The fourth-order valence-electron chi connectivity index (χ4n) is 3.41. The molecule has 0 aromatic heterocycles. The van der Waals surface area contributed by atoms with Gasteiger partial charge in [-0.15, -0.1) is 24.0 Å². The number of likely N-dealkylation sites (tertiary alicyclic amines) is 1. The van der Waals surface area contributed by atoms with Gasteiger partial charge in [-0.25, -0.2) is 0 Å². The number of hydrogen-bond acceptors (Lipinski definition) is 3. The number of carbonyl (C=O) groups excluding carboxylic acids is 1. The zero-order valence-electron chi connectivity index (χ0n) is 15.8. The standard InChI is InChI=1S/C20H23ClN4O2.HI/c1-25-18(26)10-14(19(25)13-6-4-3-5-7-13)12-23-20(22)24-15-8-9-17(27-2)16(21)11-15;/h3-9,11,14,19H,10,12H2,1-2H3,(H3,22,23,24);1H/t14-,19-;/m0./s1. The molecular formula is C20H24ClIN4O2. The van der Waals surface area contributed by atoms with Gasteiger partial charge in [0.2, 0.25) is 5.91 Å². The van der Waals surface area contributed by atoms with Crippen molar-refractivity contribution in [1.82, 2.24) is 4.90 Å². The van der Waals surface area contributed by atoms with Gasteiger partial charge in [-0.3, -0.25) is 9.79 Å². The van der Waals surface area contributed by atoms with E-state index in [1.54, 1.807) is 24.1 Å². The van der Waals surface area contributed by atoms with Crippen LogP contribution in [-0.4, -0.2) is 37.5 Å². The van der Waals surface area contributed by atoms with Gasteiger partial charge in [-0.2, -0.15) is 0 Å². The average Bonchev–Trinajstić information content (AvgIpc) is 2.95. The lowest BCUT2D eigenvalue weighted by molar-refractivity contribution is -0.127. The Balaban J connectivity index is 0.00000280. The highest BCUT2D eigenvalue weighted by atomic mass is 127. The van der Waals surface area contributed by atoms with E-state index in [-0.39, 0.29) is 47.8 Å². The Labute approximate surface area is 187 Å². The third-order valence-electron chi connectivity index (χ3n) is 4.76. The second-order valence-electron chi connectivity index (χ2n) is 6.52. The maximum absolute atomic E-state index is 12.2. The van der Waals surface area contributed by atoms with E-state index in [0.29, 0.717) is 23.7 Å². The monoisotopic (exact) mass is 514 g/mol. The summed E-state index contributed by atoms with van der Waals surface area (Å²) in [5, 5.41) is 3.51. The molecule has 150 valence electrons. The summed E-state index contributed by atoms with van der Waals surface area (Å²) in [6.07, 6.45) is 0.460. The van der Waals surface area contributed by atoms with Crippen molar-refractivity contribution in [2.45, 2.75) is 12.5 Å². The van der Waals surface area contributed by atoms with Crippen molar-refractivity contribution >= 4 is 53.1 Å². The van der Waals surface area contributed by atoms with Gasteiger partial charge in [0.25, 0.3) is 0 Å². The summed E-state index contributed by atoms with van der Waals surface area (Å²) in [6, 6.07) is 15.3. The van der Waals surface area contributed by atoms with E-state index >= 15 is 0 Å². The molecule has 2 aromatic carbocycles. The van der Waals surface area contributed by atoms with Gasteiger partial charge in [-0.1, -0.05) is 41.9 Å². The van der Waals surface area contributed by atoms with Gasteiger partial charge >= 0.3 is 0 Å². The van der Waals surface area contributed by atoms with E-state index in [4.69, 9.17) is 22.1 Å². The lowest BCUT2D eigenvalue weighted by Gasteiger charge is -2.24. The normalized spacial score (nSPS) is 19.3. The molecule has 2 aromatic rings. The molecule has 0 aliphatic carbocycles. The molecule has 1 aliphatic heterocycles. The SMILES string of the molecule is COc1ccc(NC(N)=NC[C@@H]2CC(=O)N(C)[C@H]2c2ccccc2)cc1Cl.I. The largest absolute Gasteiger partial charge is 0.495 e. The summed E-state index contributed by atoms with van der Waals surface area (Å²) in [4.78, 5) is 18.4. The van der Waals surface area contributed by atoms with Crippen LogP contribution in [0.1, 0.15) is 18.0 Å². The molecule has 8 heteroatoms. The molecule has 3 N–H and O–H groups in total. The number of hydrogen-bond donors (Lipinski definition) is 2. The van der Waals surface area contributed by atoms with Crippen LogP contribution < -0.4 is 15.8 Å². The molecule has 0 bridgehead atoms. The number of nitrogens with one attached hydrogen (secondary N) is 1. The van der Waals surface area contributed by atoms with Crippen LogP contribution >= 0.6 is 35.6 Å². The van der Waals surface area contributed by atoms with Crippen molar-refractivity contribution in [3.8, 4) is 5.75 Å². The number of nitrogens with zero attached hydrogens (tertiary/aromatic N) is 2. The molecule has 1 saturated heterocycles. The maximum atomic E-state index is 12.2. The Morgan fingerprint density at radius 3 is 2.68 bits per heavy atom. The van der Waals surface area contributed by atoms with Crippen molar-refractivity contribution < 1.29 is 9.53 Å². The van der Waals surface area contributed by atoms with Crippen LogP contribution in [0.4, 0.5) is 5.69 Å². The minimum absolute atomic E-state index is 0. The Hall–Kier alpha value is -2.00. The van der Waals surface area contributed by atoms with E-state index < -0.39 is 0 Å². The van der Waals surface area contributed by atoms with Crippen molar-refractivity contribution in [2.24, 2.45) is 16.6 Å². The van der Waals surface area contributed by atoms with E-state index in [0.717, 1.165) is 11.3 Å². The zero-order valence-corrected chi connectivity index (χ0v) is 18.8. The smallest absolute Gasteiger partial charge is 0.223 e. The minimum Gasteiger partial charge on any atom is -0.495 e. The first kappa shape index (κ1) is 22.3. The highest BCUT2D eigenvalue weighted by molar-refractivity contribution is 14.0. The van der Waals surface area contributed by atoms with Crippen LogP contribution in [-0.2, 0) is 4.79 Å². The third-order valence-corrected chi connectivity index (χ3v) is 5.05. The summed E-state index contributed by atoms with van der Waals surface area (Å²) >= 11 is 6.12. The van der Waals surface area contributed by atoms with Crippen LogP contribution in [0.5, 0.6) is 5.75 Å². The molecule has 1 heterocycles. The molecule has 1 amide bonds. The number of rotatable bonds is 5. The lowest BCUT2D eigenvalue weighted by atomic mass is 9.94. The molecule has 1 fully saturated rings. The summed E-state index contributed by atoms with van der Waals surface area (Å²) < 4.78 is 5.14. The van der Waals surface area contributed by atoms with Gasteiger partial charge < -0.3 is 20.7 Å². The van der Waals surface area contributed by atoms with Crippen molar-refractivity contribution in [3.63, 3.8) is 0 Å². The Bertz CT molecular complexity index is 847. The highest BCUT2D eigenvalue weighted by Gasteiger charge is 2.38. The predicted molar refractivity (Wildman–Crippen MR) is 124 cm³/mol. The number of aliphatic imine (C=N–C) groups is 1. The summed E-state index contributed by atoms with van der Waals surface area (Å²) in [5.41, 5.74) is 7.86. The van der Waals surface area contributed by atoms with Crippen LogP contribution in [0.15, 0.2) is 53.5 Å². The molecule has 2 atom stereocenters. The fraction of sp³-hybridized carbons (Fsp3) is 0.300. The molecule has 0 spiro atoms. The Kier molecular flexibility index (Phi) is 7.94. The Morgan fingerprint density at radius 1 is 1.32 bits per heavy atom. The molecule has 1 aliphatic rings. The van der Waals surface area contributed by atoms with Gasteiger partial charge in [0, 0.05) is 31.6 Å². The number of nitrogens with two attached hydrogens (primary N) is 1. The molecule has 3 rings (SSSR count). The number of benzene rings is 2. The summed E-state index contributed by atoms with van der Waals surface area (Å²) in [7, 11) is 3.40. The quantitative estimate of drug-likeness (QED) is 0.360. The van der Waals surface area contributed by atoms with Crippen molar-refractivity contribution in [1.29, 1.82) is 0 Å².